The minimum Gasteiger partial charge on any atom is -0.351 e. The van der Waals surface area contributed by atoms with E-state index in [1.807, 2.05) is 0 Å². The van der Waals surface area contributed by atoms with Gasteiger partial charge in [0.2, 0.25) is 0 Å². The molecule has 2 N–H and O–H groups in total. The van der Waals surface area contributed by atoms with Crippen LogP contribution in [-0.4, -0.2) is 22.4 Å². The minimum absolute atomic E-state index is 0.211. The van der Waals surface area contributed by atoms with Crippen molar-refractivity contribution in [3.63, 3.8) is 0 Å². The van der Waals surface area contributed by atoms with E-state index in [1.54, 1.807) is 31.2 Å². The third-order valence-electron chi connectivity index (χ3n) is 3.35. The van der Waals surface area contributed by atoms with Crippen molar-refractivity contribution in [2.24, 2.45) is 0 Å². The van der Waals surface area contributed by atoms with Crippen LogP contribution in [0.15, 0.2) is 24.3 Å². The number of nitrogens with zero attached hydrogens (tertiary/aromatic N) is 2. The largest absolute Gasteiger partial charge is 0.351 e. The van der Waals surface area contributed by atoms with E-state index in [0.29, 0.717) is 39.6 Å². The van der Waals surface area contributed by atoms with Gasteiger partial charge in [-0.05, 0) is 25.5 Å². The molecule has 0 saturated heterocycles. The second-order valence-electron chi connectivity index (χ2n) is 5.38. The fourth-order valence-corrected chi connectivity index (χ4v) is 2.50. The summed E-state index contributed by atoms with van der Waals surface area (Å²) < 4.78 is 0. The topological polar surface area (TPSA) is 66.9 Å². The molecule has 1 heterocycles. The molecule has 0 aliphatic carbocycles. The van der Waals surface area contributed by atoms with Crippen molar-refractivity contribution in [3.05, 3.63) is 45.8 Å². The molecule has 7 heteroatoms. The molecule has 5 nitrogen and oxygen atoms in total. The predicted molar refractivity (Wildman–Crippen MR) is 98.4 cm³/mol. The summed E-state index contributed by atoms with van der Waals surface area (Å²) in [7, 11) is 0. The zero-order valence-corrected chi connectivity index (χ0v) is 15.2. The first-order valence-electron chi connectivity index (χ1n) is 7.86. The molecule has 0 radical (unpaired) electrons. The normalized spacial score (nSPS) is 10.5. The lowest BCUT2D eigenvalue weighted by atomic mass is 10.2. The Morgan fingerprint density at radius 2 is 2.00 bits per heavy atom. The van der Waals surface area contributed by atoms with Crippen LogP contribution in [0.4, 0.5) is 11.5 Å². The highest BCUT2D eigenvalue weighted by Gasteiger charge is 2.11. The Bertz CT molecular complexity index is 722. The van der Waals surface area contributed by atoms with Crippen LogP contribution in [0.5, 0.6) is 0 Å². The highest BCUT2D eigenvalue weighted by atomic mass is 35.5. The lowest BCUT2D eigenvalue weighted by molar-refractivity contribution is 0.0947. The van der Waals surface area contributed by atoms with Gasteiger partial charge in [-0.1, -0.05) is 49.0 Å². The quantitative estimate of drug-likeness (QED) is 0.693. The van der Waals surface area contributed by atoms with Gasteiger partial charge in [-0.2, -0.15) is 0 Å². The maximum atomic E-state index is 12.2. The van der Waals surface area contributed by atoms with Crippen molar-refractivity contribution >= 4 is 40.6 Å². The van der Waals surface area contributed by atoms with Crippen LogP contribution in [0.1, 0.15) is 42.5 Å². The number of nitrogens with one attached hydrogen (secondary N) is 2. The predicted octanol–water partition coefficient (Wildman–Crippen LogP) is 4.76. The third-order valence-corrected chi connectivity index (χ3v) is 4.17. The van der Waals surface area contributed by atoms with Gasteiger partial charge in [0, 0.05) is 12.6 Å². The molecule has 0 atom stereocenters. The summed E-state index contributed by atoms with van der Waals surface area (Å²) in [5.41, 5.74) is 0.941. The summed E-state index contributed by atoms with van der Waals surface area (Å²) in [5, 5.41) is 6.80. The van der Waals surface area contributed by atoms with E-state index in [0.717, 1.165) is 19.3 Å². The number of hydrogen-bond donors (Lipinski definition) is 2. The molecule has 0 unspecified atom stereocenters. The van der Waals surface area contributed by atoms with E-state index in [9.17, 15) is 4.79 Å². The van der Waals surface area contributed by atoms with Crippen molar-refractivity contribution in [2.45, 2.75) is 33.1 Å². The second kappa shape index (κ2) is 8.85. The molecule has 128 valence electrons. The molecule has 2 aromatic rings. The highest BCUT2D eigenvalue weighted by molar-refractivity contribution is 6.43. The lowest BCUT2D eigenvalue weighted by Gasteiger charge is -2.11. The van der Waals surface area contributed by atoms with Crippen LogP contribution in [0, 0.1) is 6.92 Å². The van der Waals surface area contributed by atoms with Crippen LogP contribution in [0.25, 0.3) is 0 Å². The first-order valence-corrected chi connectivity index (χ1v) is 8.61. The summed E-state index contributed by atoms with van der Waals surface area (Å²) in [6, 6.07) is 6.87. The van der Waals surface area contributed by atoms with E-state index >= 15 is 0 Å². The smallest absolute Gasteiger partial charge is 0.270 e. The number of carbonyl (C=O) groups is 1. The molecular weight excluding hydrogens is 347 g/mol. The van der Waals surface area contributed by atoms with E-state index in [1.165, 1.54) is 0 Å². The van der Waals surface area contributed by atoms with Crippen LogP contribution in [-0.2, 0) is 0 Å². The standard InChI is InChI=1S/C17H20Cl2N4O/c1-3-4-5-9-20-17(24)14-10-15(22-11(2)21-14)23-13-8-6-7-12(18)16(13)19/h6-8,10H,3-5,9H2,1-2H3,(H,20,24)(H,21,22,23). The van der Waals surface area contributed by atoms with Gasteiger partial charge in [0.25, 0.3) is 5.91 Å². The Kier molecular flexibility index (Phi) is 6.82. The Hall–Kier alpha value is -1.85. The first-order chi connectivity index (χ1) is 11.5. The van der Waals surface area contributed by atoms with Crippen molar-refractivity contribution in [3.8, 4) is 0 Å². The SMILES string of the molecule is CCCCCNC(=O)c1cc(Nc2cccc(Cl)c2Cl)nc(C)n1. The average Bonchev–Trinajstić information content (AvgIpc) is 2.55. The fourth-order valence-electron chi connectivity index (χ4n) is 2.15. The Balaban J connectivity index is 2.13. The molecule has 1 aromatic heterocycles. The zero-order valence-electron chi connectivity index (χ0n) is 13.7. The van der Waals surface area contributed by atoms with Gasteiger partial charge in [0.05, 0.1) is 15.7 Å². The summed E-state index contributed by atoms with van der Waals surface area (Å²) in [6.07, 6.45) is 3.15. The van der Waals surface area contributed by atoms with E-state index < -0.39 is 0 Å². The van der Waals surface area contributed by atoms with Gasteiger partial charge in [-0.25, -0.2) is 9.97 Å². The molecule has 2 rings (SSSR count). The lowest BCUT2D eigenvalue weighted by Crippen LogP contribution is -2.25. The number of carbonyl (C=O) groups excluding carboxylic acids is 1. The molecule has 24 heavy (non-hydrogen) atoms. The van der Waals surface area contributed by atoms with Gasteiger partial charge >= 0.3 is 0 Å². The maximum absolute atomic E-state index is 12.2. The van der Waals surface area contributed by atoms with Crippen molar-refractivity contribution in [1.82, 2.24) is 15.3 Å². The summed E-state index contributed by atoms with van der Waals surface area (Å²) in [4.78, 5) is 20.7. The number of hydrogen-bond acceptors (Lipinski definition) is 4. The molecule has 0 aliphatic rings. The van der Waals surface area contributed by atoms with Crippen LogP contribution >= 0.6 is 23.2 Å². The average molecular weight is 367 g/mol. The Morgan fingerprint density at radius 1 is 1.21 bits per heavy atom. The number of unbranched alkanes of at least 4 members (excludes halogenated alkanes) is 2. The zero-order chi connectivity index (χ0) is 17.5. The number of benzene rings is 1. The molecule has 1 aromatic carbocycles. The summed E-state index contributed by atoms with van der Waals surface area (Å²) in [6.45, 7) is 4.49. The van der Waals surface area contributed by atoms with Crippen molar-refractivity contribution in [2.75, 3.05) is 11.9 Å². The van der Waals surface area contributed by atoms with Crippen LogP contribution in [0.2, 0.25) is 10.0 Å². The molecular formula is C17H20Cl2N4O. The minimum atomic E-state index is -0.211. The van der Waals surface area contributed by atoms with Gasteiger partial charge < -0.3 is 10.6 Å². The van der Waals surface area contributed by atoms with Crippen LogP contribution in [0.3, 0.4) is 0 Å². The number of aromatic nitrogens is 2. The molecule has 1 amide bonds. The van der Waals surface area contributed by atoms with Gasteiger partial charge in [0.1, 0.15) is 17.3 Å². The molecule has 0 spiro atoms. The van der Waals surface area contributed by atoms with E-state index in [2.05, 4.69) is 27.5 Å². The first kappa shape index (κ1) is 18.5. The highest BCUT2D eigenvalue weighted by Crippen LogP contribution is 2.31. The summed E-state index contributed by atoms with van der Waals surface area (Å²) in [5.74, 6) is 0.777. The fraction of sp³-hybridized carbons (Fsp3) is 0.353. The number of aryl methyl sites for hydroxylation is 1. The molecule has 0 fully saturated rings. The van der Waals surface area contributed by atoms with Crippen molar-refractivity contribution < 1.29 is 4.79 Å². The molecule has 0 saturated carbocycles. The molecule has 0 aliphatic heterocycles. The summed E-state index contributed by atoms with van der Waals surface area (Å²) >= 11 is 12.2. The van der Waals surface area contributed by atoms with Crippen molar-refractivity contribution in [1.29, 1.82) is 0 Å². The van der Waals surface area contributed by atoms with E-state index in [4.69, 9.17) is 23.2 Å². The Labute approximate surface area is 151 Å². The number of halogens is 2. The Morgan fingerprint density at radius 3 is 2.75 bits per heavy atom. The van der Waals surface area contributed by atoms with Gasteiger partial charge in [-0.15, -0.1) is 0 Å². The number of rotatable bonds is 7. The van der Waals surface area contributed by atoms with Crippen LogP contribution < -0.4 is 10.6 Å². The van der Waals surface area contributed by atoms with E-state index in [-0.39, 0.29) is 5.91 Å². The maximum Gasteiger partial charge on any atom is 0.270 e. The monoisotopic (exact) mass is 366 g/mol. The van der Waals surface area contributed by atoms with Gasteiger partial charge in [0.15, 0.2) is 0 Å². The van der Waals surface area contributed by atoms with Gasteiger partial charge in [-0.3, -0.25) is 4.79 Å². The second-order valence-corrected chi connectivity index (χ2v) is 6.16. The number of amides is 1. The third kappa shape index (κ3) is 5.08. The number of anilines is 2. The molecule has 0 bridgehead atoms.